The molecule has 4 heterocycles. The molecule has 0 saturated heterocycles. The monoisotopic (exact) mass is 510 g/mol. The predicted octanol–water partition coefficient (Wildman–Crippen LogP) is 7.09. The molecule has 0 saturated carbocycles. The van der Waals surface area contributed by atoms with Crippen molar-refractivity contribution in [1.82, 2.24) is 28.9 Å². The Morgan fingerprint density at radius 1 is 0.886 bits per heavy atom. The molecule has 0 bridgehead atoms. The molecule has 1 N–H and O–H groups in total. The smallest absolute Gasteiger partial charge is 0.176 e. The summed E-state index contributed by atoms with van der Waals surface area (Å²) in [5.41, 5.74) is 7.89. The van der Waals surface area contributed by atoms with Crippen LogP contribution in [-0.4, -0.2) is 28.9 Å². The number of nitrogens with one attached hydrogen (secondary N) is 1. The number of H-pyrrole nitrogens is 1. The molecule has 9 heteroatoms. The van der Waals surface area contributed by atoms with E-state index in [1.165, 1.54) is 0 Å². The number of nitrogens with zero attached hydrogens (tertiary/aromatic N) is 5. The average molecular weight is 511 g/mol. The summed E-state index contributed by atoms with van der Waals surface area (Å²) in [7, 11) is 0. The molecule has 0 atom stereocenters. The quantitative estimate of drug-likeness (QED) is 0.156. The van der Waals surface area contributed by atoms with Crippen molar-refractivity contribution in [2.45, 2.75) is 17.8 Å². The van der Waals surface area contributed by atoms with Crippen LogP contribution in [0.2, 0.25) is 0 Å². The van der Waals surface area contributed by atoms with Crippen LogP contribution in [0.1, 0.15) is 11.4 Å². The van der Waals surface area contributed by atoms with E-state index in [0.29, 0.717) is 5.75 Å². The third-order valence-electron chi connectivity index (χ3n) is 6.08. The minimum atomic E-state index is 0.657. The van der Waals surface area contributed by atoms with Gasteiger partial charge in [-0.25, -0.2) is 15.0 Å². The van der Waals surface area contributed by atoms with Crippen LogP contribution in [0.25, 0.3) is 43.7 Å². The van der Waals surface area contributed by atoms with Gasteiger partial charge in [-0.05, 0) is 55.0 Å². The second kappa shape index (κ2) is 8.01. The molecule has 0 fully saturated rings. The van der Waals surface area contributed by atoms with Gasteiger partial charge in [0, 0.05) is 0 Å². The maximum atomic E-state index is 5.84. The predicted molar refractivity (Wildman–Crippen MR) is 146 cm³/mol. The summed E-state index contributed by atoms with van der Waals surface area (Å²) in [6.45, 7) is 2.10. The van der Waals surface area contributed by atoms with Crippen molar-refractivity contribution in [2.24, 2.45) is 0 Å². The molecule has 3 aromatic carbocycles. The van der Waals surface area contributed by atoms with E-state index < -0.39 is 0 Å². The van der Waals surface area contributed by atoms with Gasteiger partial charge in [0.2, 0.25) is 0 Å². The first-order valence-corrected chi connectivity index (χ1v) is 13.3. The van der Waals surface area contributed by atoms with Gasteiger partial charge in [-0.2, -0.15) is 0 Å². The zero-order valence-electron chi connectivity index (χ0n) is 18.6. The fraction of sp³-hybridized carbons (Fsp3) is 0.0769. The van der Waals surface area contributed by atoms with Crippen molar-refractivity contribution in [3.63, 3.8) is 0 Å². The number of hydrogen-bond donors (Lipinski definition) is 1. The first-order chi connectivity index (χ1) is 17.2. The zero-order valence-corrected chi connectivity index (χ0v) is 21.0. The largest absolute Gasteiger partial charge is 0.341 e. The summed E-state index contributed by atoms with van der Waals surface area (Å²) in [5.74, 6) is 1.57. The molecule has 4 aromatic heterocycles. The van der Waals surface area contributed by atoms with E-state index in [2.05, 4.69) is 39.1 Å². The number of rotatable bonds is 4. The minimum Gasteiger partial charge on any atom is -0.341 e. The van der Waals surface area contributed by atoms with E-state index in [-0.39, 0.29) is 0 Å². The fourth-order valence-corrected chi connectivity index (χ4v) is 6.67. The molecule has 0 unspecified atom stereocenters. The highest BCUT2D eigenvalue weighted by atomic mass is 32.2. The van der Waals surface area contributed by atoms with Gasteiger partial charge < -0.3 is 4.98 Å². The molecule has 170 valence electrons. The second-order valence-electron chi connectivity index (χ2n) is 8.29. The van der Waals surface area contributed by atoms with Gasteiger partial charge in [-0.15, -0.1) is 0 Å². The fourth-order valence-electron chi connectivity index (χ4n) is 4.46. The summed E-state index contributed by atoms with van der Waals surface area (Å²) in [5, 5.41) is 0.858. The first kappa shape index (κ1) is 20.8. The van der Waals surface area contributed by atoms with E-state index in [1.54, 1.807) is 23.1 Å². The van der Waals surface area contributed by atoms with Gasteiger partial charge in [0.05, 0.1) is 33.5 Å². The Balaban J connectivity index is 1.47. The standard InChI is InChI=1S/C26H18N6S3/c1-15-8-2-6-12-19(15)32-24-22(35-26(32)33)23-29-18-11-5-7-13-20(18)31(23)25(30-24)34-14-21-27-16-9-3-4-10-17(16)28-21/h2-13H,14H2,1H3,(H,27,28). The SMILES string of the molecule is Cc1ccccc1-n1c(=S)sc2c1nc(SCc1nc3ccccc3[nH]1)n1c3ccccc3nc21. The molecule has 0 aliphatic carbocycles. The molecule has 6 nitrogen and oxygen atoms in total. The van der Waals surface area contributed by atoms with E-state index in [4.69, 9.17) is 27.2 Å². The number of aromatic amines is 1. The number of thiazole rings is 1. The number of para-hydroxylation sites is 5. The third-order valence-corrected chi connectivity index (χ3v) is 8.39. The summed E-state index contributed by atoms with van der Waals surface area (Å²) in [4.78, 5) is 18.4. The van der Waals surface area contributed by atoms with Crippen molar-refractivity contribution in [2.75, 3.05) is 0 Å². The Kier molecular flexibility index (Phi) is 4.76. The van der Waals surface area contributed by atoms with E-state index in [1.807, 2.05) is 54.6 Å². The van der Waals surface area contributed by atoms with Crippen LogP contribution in [-0.2, 0) is 5.75 Å². The van der Waals surface area contributed by atoms with Crippen molar-refractivity contribution in [3.8, 4) is 5.69 Å². The van der Waals surface area contributed by atoms with Gasteiger partial charge >= 0.3 is 0 Å². The van der Waals surface area contributed by atoms with Gasteiger partial charge in [0.1, 0.15) is 10.5 Å². The van der Waals surface area contributed by atoms with Crippen LogP contribution in [0.5, 0.6) is 0 Å². The molecule has 0 spiro atoms. The molecule has 0 amide bonds. The van der Waals surface area contributed by atoms with Crippen molar-refractivity contribution in [1.29, 1.82) is 0 Å². The number of imidazole rings is 2. The Hall–Kier alpha value is -3.53. The number of benzene rings is 3. The molecular weight excluding hydrogens is 493 g/mol. The molecule has 0 aliphatic heterocycles. The van der Waals surface area contributed by atoms with Gasteiger partial charge in [-0.1, -0.05) is 65.6 Å². The molecule has 0 aliphatic rings. The van der Waals surface area contributed by atoms with Gasteiger partial charge in [0.15, 0.2) is 20.4 Å². The second-order valence-corrected chi connectivity index (χ2v) is 10.9. The van der Waals surface area contributed by atoms with Gasteiger partial charge in [0.25, 0.3) is 0 Å². The molecule has 7 aromatic rings. The number of thioether (sulfide) groups is 1. The number of aryl methyl sites for hydroxylation is 1. The van der Waals surface area contributed by atoms with Crippen LogP contribution < -0.4 is 0 Å². The lowest BCUT2D eigenvalue weighted by molar-refractivity contribution is 0.923. The topological polar surface area (TPSA) is 63.8 Å². The van der Waals surface area contributed by atoms with Crippen LogP contribution in [0, 0.1) is 10.9 Å². The van der Waals surface area contributed by atoms with Crippen molar-refractivity contribution in [3.05, 3.63) is 88.1 Å². The average Bonchev–Trinajstić information content (AvgIpc) is 3.55. The highest BCUT2D eigenvalue weighted by molar-refractivity contribution is 7.98. The summed E-state index contributed by atoms with van der Waals surface area (Å²) >= 11 is 9.04. The minimum absolute atomic E-state index is 0.657. The Labute approximate surface area is 213 Å². The van der Waals surface area contributed by atoms with Crippen LogP contribution in [0.4, 0.5) is 0 Å². The van der Waals surface area contributed by atoms with Crippen LogP contribution >= 0.6 is 35.3 Å². The third kappa shape index (κ3) is 3.30. The van der Waals surface area contributed by atoms with Crippen LogP contribution in [0.15, 0.2) is 78.0 Å². The summed E-state index contributed by atoms with van der Waals surface area (Å²) < 4.78 is 5.98. The van der Waals surface area contributed by atoms with Crippen LogP contribution in [0.3, 0.4) is 0 Å². The van der Waals surface area contributed by atoms with E-state index >= 15 is 0 Å². The van der Waals surface area contributed by atoms with Crippen molar-refractivity contribution < 1.29 is 0 Å². The van der Waals surface area contributed by atoms with E-state index in [0.717, 1.165) is 64.2 Å². The lowest BCUT2D eigenvalue weighted by Gasteiger charge is -2.10. The maximum absolute atomic E-state index is 5.84. The lowest BCUT2D eigenvalue weighted by Crippen LogP contribution is -2.02. The van der Waals surface area contributed by atoms with Crippen molar-refractivity contribution >= 4 is 73.4 Å². The Morgan fingerprint density at radius 3 is 2.51 bits per heavy atom. The maximum Gasteiger partial charge on any atom is 0.176 e. The number of aromatic nitrogens is 6. The Morgan fingerprint density at radius 2 is 1.66 bits per heavy atom. The number of hydrogen-bond acceptors (Lipinski definition) is 6. The summed E-state index contributed by atoms with van der Waals surface area (Å²) in [6.07, 6.45) is 0. The zero-order chi connectivity index (χ0) is 23.5. The summed E-state index contributed by atoms with van der Waals surface area (Å²) in [6, 6.07) is 24.5. The lowest BCUT2D eigenvalue weighted by atomic mass is 10.2. The van der Waals surface area contributed by atoms with E-state index in [9.17, 15) is 0 Å². The highest BCUT2D eigenvalue weighted by Crippen LogP contribution is 2.35. The molecule has 35 heavy (non-hydrogen) atoms. The number of fused-ring (bicyclic) bond motifs is 6. The molecule has 0 radical (unpaired) electrons. The Bertz CT molecular complexity index is 1930. The first-order valence-electron chi connectivity index (χ1n) is 11.1. The molecule has 7 rings (SSSR count). The normalized spacial score (nSPS) is 11.9. The molecular formula is C26H18N6S3. The van der Waals surface area contributed by atoms with Gasteiger partial charge in [-0.3, -0.25) is 8.97 Å². The highest BCUT2D eigenvalue weighted by Gasteiger charge is 2.20.